The first kappa shape index (κ1) is 78.1. The van der Waals surface area contributed by atoms with Gasteiger partial charge < -0.3 is 30.6 Å². The first-order chi connectivity index (χ1) is 44.7. The highest BCUT2D eigenvalue weighted by molar-refractivity contribution is 5.56. The first-order valence-corrected chi connectivity index (χ1v) is 37.7. The van der Waals surface area contributed by atoms with E-state index in [1.54, 1.807) is 0 Å². The molecule has 0 aliphatic heterocycles. The number of aromatic hydroxyl groups is 6. The number of phenols is 6. The average Bonchev–Trinajstić information content (AvgIpc) is 0.784. The minimum Gasteiger partial charge on any atom is -0.507 e. The highest BCUT2D eigenvalue weighted by Gasteiger charge is 2.30. The molecule has 0 saturated heterocycles. The molecule has 2 aliphatic carbocycles. The van der Waals surface area contributed by atoms with Crippen molar-refractivity contribution in [2.45, 2.75) is 344 Å². The van der Waals surface area contributed by atoms with E-state index in [2.05, 4.69) is 197 Å². The van der Waals surface area contributed by atoms with Crippen LogP contribution < -0.4 is 0 Å². The Bertz CT molecular complexity index is 3170. The summed E-state index contributed by atoms with van der Waals surface area (Å²) in [5.74, 6) is 3.42. The van der Waals surface area contributed by atoms with Gasteiger partial charge in [-0.3, -0.25) is 0 Å². The van der Waals surface area contributed by atoms with Crippen molar-refractivity contribution in [3.05, 3.63) is 173 Å². The van der Waals surface area contributed by atoms with Crippen molar-refractivity contribution in [3.63, 3.8) is 0 Å². The van der Waals surface area contributed by atoms with Crippen LogP contribution in [0.4, 0.5) is 0 Å². The summed E-state index contributed by atoms with van der Waals surface area (Å²) in [6, 6.07) is 25.5. The molecule has 0 radical (unpaired) electrons. The Morgan fingerprint density at radius 1 is 0.284 bits per heavy atom. The minimum atomic E-state index is -0.175. The number of unbranched alkanes of at least 4 members (excludes halogenated alkanes) is 12. The van der Waals surface area contributed by atoms with E-state index in [-0.39, 0.29) is 21.7 Å². The van der Waals surface area contributed by atoms with Gasteiger partial charge in [0.1, 0.15) is 34.5 Å². The summed E-state index contributed by atoms with van der Waals surface area (Å²) in [6.45, 7) is 39.0. The number of rotatable bonds is 24. The molecule has 6 heteroatoms. The number of hydrogen-bond acceptors (Lipinski definition) is 6. The maximum Gasteiger partial charge on any atom is 0.122 e. The molecule has 6 aromatic rings. The molecule has 0 amide bonds. The zero-order valence-corrected chi connectivity index (χ0v) is 63.3. The fraction of sp³-hybridized carbons (Fsp3) is 0.596. The standard InChI is InChI=1S/C33H52O2.C29H44O2.C27H36O2/c1-5-7-9-11-13-15-17-19-28-21-26(3)23-30(32(28)34)25-31-24-27(4)22-29(33(31)35)20-18-16-14-12-10-8-6-2;1-26(2,3)20-14-18(24(30)22(16-20)28(7,8)9)13-19-15-21(27(4,5)6)17-23(25(19)31)29(10,11)12;1-18-13-22(26(28)24(15-18)20-9-5-3-6-10-20)17-23-14-19(2)16-25(27(23)29)21-11-7-4-8-12-21/h21-24,34-35H,5-20,25H2,1-4H3;14-17,30-31H,13H2,1-12H3;13-16,20-21,28-29H,3-12,17H2,1-2H3. The molecule has 0 bridgehead atoms. The van der Waals surface area contributed by atoms with Crippen LogP contribution in [0, 0.1) is 27.7 Å². The molecule has 2 fully saturated rings. The van der Waals surface area contributed by atoms with Crippen LogP contribution in [0.5, 0.6) is 34.5 Å². The summed E-state index contributed by atoms with van der Waals surface area (Å²) in [7, 11) is 0. The van der Waals surface area contributed by atoms with Crippen molar-refractivity contribution in [2.75, 3.05) is 0 Å². The number of hydrogen-bond donors (Lipinski definition) is 6. The van der Waals surface area contributed by atoms with Gasteiger partial charge in [0, 0.05) is 19.3 Å². The molecule has 524 valence electrons. The molecule has 6 N–H and O–H groups in total. The van der Waals surface area contributed by atoms with Gasteiger partial charge >= 0.3 is 0 Å². The largest absolute Gasteiger partial charge is 0.507 e. The lowest BCUT2D eigenvalue weighted by Crippen LogP contribution is -2.18. The van der Waals surface area contributed by atoms with Crippen molar-refractivity contribution in [1.82, 2.24) is 0 Å². The van der Waals surface area contributed by atoms with E-state index in [0.29, 0.717) is 65.6 Å². The van der Waals surface area contributed by atoms with E-state index < -0.39 is 0 Å². The minimum absolute atomic E-state index is 0.0334. The third-order valence-electron chi connectivity index (χ3n) is 20.6. The summed E-state index contributed by atoms with van der Waals surface area (Å²) in [4.78, 5) is 0. The molecule has 0 heterocycles. The van der Waals surface area contributed by atoms with E-state index >= 15 is 0 Å². The molecular weight excluding hydrogens is 1160 g/mol. The summed E-state index contributed by atoms with van der Waals surface area (Å²) >= 11 is 0. The van der Waals surface area contributed by atoms with Gasteiger partial charge in [0.2, 0.25) is 0 Å². The third kappa shape index (κ3) is 23.1. The second-order valence-electron chi connectivity index (χ2n) is 33.6. The van der Waals surface area contributed by atoms with Crippen LogP contribution in [0.15, 0.2) is 72.8 Å². The highest BCUT2D eigenvalue weighted by atomic mass is 16.3. The van der Waals surface area contributed by atoms with Gasteiger partial charge in [0.15, 0.2) is 0 Å². The number of aryl methyl sites for hydroxylation is 6. The topological polar surface area (TPSA) is 121 Å². The van der Waals surface area contributed by atoms with Crippen LogP contribution in [0.1, 0.15) is 363 Å². The average molecular weight is 1300 g/mol. The van der Waals surface area contributed by atoms with Crippen molar-refractivity contribution < 1.29 is 30.6 Å². The Morgan fingerprint density at radius 2 is 0.547 bits per heavy atom. The molecule has 2 saturated carbocycles. The zero-order chi connectivity index (χ0) is 70.0. The fourth-order valence-electron chi connectivity index (χ4n) is 14.8. The summed E-state index contributed by atoms with van der Waals surface area (Å²) < 4.78 is 0. The van der Waals surface area contributed by atoms with Gasteiger partial charge in [0.05, 0.1) is 0 Å². The Labute approximate surface area is 579 Å². The van der Waals surface area contributed by atoms with Crippen LogP contribution in [0.3, 0.4) is 0 Å². The Morgan fingerprint density at radius 3 is 0.842 bits per heavy atom. The molecular formula is C89H132O6. The van der Waals surface area contributed by atoms with E-state index in [9.17, 15) is 30.6 Å². The fourth-order valence-corrected chi connectivity index (χ4v) is 14.8. The normalized spacial score (nSPS) is 14.3. The summed E-state index contributed by atoms with van der Waals surface area (Å²) in [5, 5.41) is 66.8. The van der Waals surface area contributed by atoms with Crippen molar-refractivity contribution >= 4 is 0 Å². The van der Waals surface area contributed by atoms with Crippen LogP contribution >= 0.6 is 0 Å². The Balaban J connectivity index is 0.000000226. The molecule has 0 unspecified atom stereocenters. The predicted molar refractivity (Wildman–Crippen MR) is 406 cm³/mol. The van der Waals surface area contributed by atoms with Gasteiger partial charge in [-0.25, -0.2) is 0 Å². The third-order valence-corrected chi connectivity index (χ3v) is 20.6. The van der Waals surface area contributed by atoms with E-state index in [1.165, 1.54) is 175 Å². The first-order valence-electron chi connectivity index (χ1n) is 37.7. The Kier molecular flexibility index (Phi) is 29.3. The lowest BCUT2D eigenvalue weighted by molar-refractivity contribution is 0.408. The van der Waals surface area contributed by atoms with E-state index in [0.717, 1.165) is 92.4 Å². The molecule has 8 rings (SSSR count). The van der Waals surface area contributed by atoms with Crippen LogP contribution in [-0.2, 0) is 53.8 Å². The number of phenolic OH excluding ortho intramolecular Hbond substituents is 6. The smallest absolute Gasteiger partial charge is 0.122 e. The molecule has 6 aromatic carbocycles. The van der Waals surface area contributed by atoms with Gasteiger partial charge in [-0.2, -0.15) is 0 Å². The zero-order valence-electron chi connectivity index (χ0n) is 63.3. The molecule has 0 aromatic heterocycles. The second-order valence-corrected chi connectivity index (χ2v) is 33.6. The maximum absolute atomic E-state index is 11.2. The maximum atomic E-state index is 11.2. The molecule has 95 heavy (non-hydrogen) atoms. The monoisotopic (exact) mass is 1300 g/mol. The molecule has 0 spiro atoms. The van der Waals surface area contributed by atoms with Crippen molar-refractivity contribution in [2.24, 2.45) is 0 Å². The highest BCUT2D eigenvalue weighted by Crippen LogP contribution is 2.46. The van der Waals surface area contributed by atoms with Crippen LogP contribution in [0.2, 0.25) is 0 Å². The van der Waals surface area contributed by atoms with E-state index in [4.69, 9.17) is 0 Å². The lowest BCUT2D eigenvalue weighted by Gasteiger charge is -2.29. The van der Waals surface area contributed by atoms with E-state index in [1.807, 2.05) is 0 Å². The van der Waals surface area contributed by atoms with Gasteiger partial charge in [0.25, 0.3) is 0 Å². The molecule has 6 nitrogen and oxygen atoms in total. The van der Waals surface area contributed by atoms with Crippen LogP contribution in [0.25, 0.3) is 0 Å². The SMILES string of the molecule is CC(C)(C)c1cc(Cc2cc(C(C)(C)C)cc(C(C)(C)C)c2O)c(O)c(C(C)(C)C)c1.CCCCCCCCCc1cc(C)cc(Cc2cc(C)cc(CCCCCCCCC)c2O)c1O.Cc1cc(Cc2cc(C)cc(C3CCCCC3)c2O)c(O)c(C2CCCCC2)c1. The van der Waals surface area contributed by atoms with Crippen molar-refractivity contribution in [3.8, 4) is 34.5 Å². The quantitative estimate of drug-likeness (QED) is 0.0336. The van der Waals surface area contributed by atoms with Crippen LogP contribution in [-0.4, -0.2) is 30.6 Å². The molecule has 2 aliphatic rings. The second kappa shape index (κ2) is 35.6. The summed E-state index contributed by atoms with van der Waals surface area (Å²) in [5.41, 5.74) is 18.6. The van der Waals surface area contributed by atoms with Gasteiger partial charge in [-0.05, 0) is 190 Å². The van der Waals surface area contributed by atoms with Gasteiger partial charge in [-0.1, -0.05) is 308 Å². The number of benzene rings is 6. The molecule has 0 atom stereocenters. The van der Waals surface area contributed by atoms with Gasteiger partial charge in [-0.15, -0.1) is 0 Å². The summed E-state index contributed by atoms with van der Waals surface area (Å²) in [6.07, 6.45) is 33.8. The van der Waals surface area contributed by atoms with Crippen molar-refractivity contribution in [1.29, 1.82) is 0 Å². The Hall–Kier alpha value is -5.88. The lowest BCUT2D eigenvalue weighted by atomic mass is 9.76. The predicted octanol–water partition coefficient (Wildman–Crippen LogP) is 25.2.